The van der Waals surface area contributed by atoms with E-state index >= 15 is 0 Å². The highest BCUT2D eigenvalue weighted by Crippen LogP contribution is 2.13. The van der Waals surface area contributed by atoms with Gasteiger partial charge in [0.05, 0.1) is 0 Å². The van der Waals surface area contributed by atoms with Crippen molar-refractivity contribution in [3.05, 3.63) is 48.9 Å². The predicted octanol–water partition coefficient (Wildman–Crippen LogP) is 2.09. The summed E-state index contributed by atoms with van der Waals surface area (Å²) in [6.07, 6.45) is 5.21. The second-order valence-electron chi connectivity index (χ2n) is 3.32. The molecule has 3 aromatic rings. The minimum Gasteiger partial charge on any atom is -0.253 e. The van der Waals surface area contributed by atoms with Crippen molar-refractivity contribution in [1.82, 2.24) is 19.9 Å². The van der Waals surface area contributed by atoms with E-state index in [1.54, 1.807) is 18.6 Å². The van der Waals surface area contributed by atoms with Crippen LogP contribution in [0.1, 0.15) is 0 Å². The molecule has 3 rings (SSSR count). The standard InChI is InChI=1S/C12H8N4/c1-2-6-13-10(5-1)12-15-8-9-4-3-7-14-11(9)16-12/h1-8H. The average molecular weight is 208 g/mol. The molecule has 0 aromatic carbocycles. The molecular formula is C12H8N4. The van der Waals surface area contributed by atoms with Gasteiger partial charge in [-0.05, 0) is 24.3 Å². The quantitative estimate of drug-likeness (QED) is 0.614. The van der Waals surface area contributed by atoms with E-state index < -0.39 is 0 Å². The first-order valence-electron chi connectivity index (χ1n) is 4.93. The number of pyridine rings is 2. The van der Waals surface area contributed by atoms with E-state index in [9.17, 15) is 0 Å². The van der Waals surface area contributed by atoms with Crippen LogP contribution in [0, 0.1) is 0 Å². The molecule has 0 aliphatic carbocycles. The molecule has 0 unspecified atom stereocenters. The van der Waals surface area contributed by atoms with Crippen LogP contribution < -0.4 is 0 Å². The minimum absolute atomic E-state index is 0.604. The second kappa shape index (κ2) is 3.66. The van der Waals surface area contributed by atoms with E-state index in [0.717, 1.165) is 11.1 Å². The topological polar surface area (TPSA) is 51.6 Å². The van der Waals surface area contributed by atoms with Gasteiger partial charge in [-0.1, -0.05) is 6.07 Å². The summed E-state index contributed by atoms with van der Waals surface area (Å²) in [6, 6.07) is 9.46. The molecule has 0 radical (unpaired) electrons. The average Bonchev–Trinajstić information content (AvgIpc) is 2.39. The molecule has 0 N–H and O–H groups in total. The summed E-state index contributed by atoms with van der Waals surface area (Å²) in [4.78, 5) is 17.0. The highest BCUT2D eigenvalue weighted by atomic mass is 15.0. The summed E-state index contributed by atoms with van der Waals surface area (Å²) in [6.45, 7) is 0. The summed E-state index contributed by atoms with van der Waals surface area (Å²) >= 11 is 0. The van der Waals surface area contributed by atoms with E-state index in [1.165, 1.54) is 0 Å². The van der Waals surface area contributed by atoms with Crippen LogP contribution in [0.4, 0.5) is 0 Å². The highest BCUT2D eigenvalue weighted by molar-refractivity contribution is 5.74. The molecule has 0 aliphatic rings. The summed E-state index contributed by atoms with van der Waals surface area (Å²) < 4.78 is 0. The summed E-state index contributed by atoms with van der Waals surface area (Å²) in [5, 5.41) is 0.933. The number of fused-ring (bicyclic) bond motifs is 1. The van der Waals surface area contributed by atoms with Crippen LogP contribution in [0.2, 0.25) is 0 Å². The molecule has 0 saturated carbocycles. The molecular weight excluding hydrogens is 200 g/mol. The molecule has 3 heterocycles. The van der Waals surface area contributed by atoms with Crippen molar-refractivity contribution >= 4 is 11.0 Å². The van der Waals surface area contributed by atoms with E-state index in [-0.39, 0.29) is 0 Å². The van der Waals surface area contributed by atoms with Gasteiger partial charge in [-0.25, -0.2) is 15.0 Å². The normalized spacial score (nSPS) is 10.5. The van der Waals surface area contributed by atoms with Crippen LogP contribution in [0.5, 0.6) is 0 Å². The smallest absolute Gasteiger partial charge is 0.180 e. The monoisotopic (exact) mass is 208 g/mol. The summed E-state index contributed by atoms with van der Waals surface area (Å²) in [7, 11) is 0. The van der Waals surface area contributed by atoms with E-state index in [4.69, 9.17) is 0 Å². The number of nitrogens with zero attached hydrogens (tertiary/aromatic N) is 4. The maximum atomic E-state index is 4.36. The minimum atomic E-state index is 0.604. The van der Waals surface area contributed by atoms with Crippen LogP contribution in [0.25, 0.3) is 22.6 Å². The first-order valence-corrected chi connectivity index (χ1v) is 4.93. The molecule has 0 bridgehead atoms. The lowest BCUT2D eigenvalue weighted by atomic mass is 10.3. The Labute approximate surface area is 92.0 Å². The van der Waals surface area contributed by atoms with Crippen molar-refractivity contribution in [3.8, 4) is 11.5 Å². The fourth-order valence-electron chi connectivity index (χ4n) is 1.48. The molecule has 0 fully saturated rings. The van der Waals surface area contributed by atoms with E-state index in [2.05, 4.69) is 19.9 Å². The van der Waals surface area contributed by atoms with E-state index in [1.807, 2.05) is 30.3 Å². The zero-order chi connectivity index (χ0) is 10.8. The Kier molecular flexibility index (Phi) is 2.04. The fraction of sp³-hybridized carbons (Fsp3) is 0. The van der Waals surface area contributed by atoms with Gasteiger partial charge in [0.15, 0.2) is 11.5 Å². The van der Waals surface area contributed by atoms with E-state index in [0.29, 0.717) is 11.5 Å². The Morgan fingerprint density at radius 2 is 1.75 bits per heavy atom. The van der Waals surface area contributed by atoms with Crippen LogP contribution in [-0.4, -0.2) is 19.9 Å². The molecule has 0 amide bonds. The summed E-state index contributed by atoms with van der Waals surface area (Å²) in [5.74, 6) is 0.604. The van der Waals surface area contributed by atoms with Crippen LogP contribution >= 0.6 is 0 Å². The van der Waals surface area contributed by atoms with Gasteiger partial charge in [0.25, 0.3) is 0 Å². The Morgan fingerprint density at radius 3 is 2.62 bits per heavy atom. The Bertz CT molecular complexity index is 622. The zero-order valence-electron chi connectivity index (χ0n) is 8.41. The van der Waals surface area contributed by atoms with Crippen molar-refractivity contribution in [2.45, 2.75) is 0 Å². The molecule has 16 heavy (non-hydrogen) atoms. The number of aromatic nitrogens is 4. The Hall–Kier alpha value is -2.36. The van der Waals surface area contributed by atoms with Crippen molar-refractivity contribution in [3.63, 3.8) is 0 Å². The van der Waals surface area contributed by atoms with Gasteiger partial charge < -0.3 is 0 Å². The van der Waals surface area contributed by atoms with Crippen molar-refractivity contribution in [2.75, 3.05) is 0 Å². The Balaban J connectivity index is 2.19. The van der Waals surface area contributed by atoms with Gasteiger partial charge in [-0.15, -0.1) is 0 Å². The van der Waals surface area contributed by atoms with Crippen molar-refractivity contribution in [2.24, 2.45) is 0 Å². The molecule has 0 spiro atoms. The molecule has 0 atom stereocenters. The van der Waals surface area contributed by atoms with Gasteiger partial charge in [0, 0.05) is 24.0 Å². The van der Waals surface area contributed by atoms with Gasteiger partial charge in [-0.3, -0.25) is 4.98 Å². The number of hydrogen-bond acceptors (Lipinski definition) is 4. The molecule has 4 heteroatoms. The van der Waals surface area contributed by atoms with Crippen molar-refractivity contribution in [1.29, 1.82) is 0 Å². The lowest BCUT2D eigenvalue weighted by molar-refractivity contribution is 1.15. The number of rotatable bonds is 1. The van der Waals surface area contributed by atoms with Crippen LogP contribution in [0.3, 0.4) is 0 Å². The number of hydrogen-bond donors (Lipinski definition) is 0. The maximum Gasteiger partial charge on any atom is 0.180 e. The predicted molar refractivity (Wildman–Crippen MR) is 60.6 cm³/mol. The lowest BCUT2D eigenvalue weighted by Gasteiger charge is -1.99. The lowest BCUT2D eigenvalue weighted by Crippen LogP contribution is -1.92. The highest BCUT2D eigenvalue weighted by Gasteiger charge is 2.03. The molecule has 3 aromatic heterocycles. The van der Waals surface area contributed by atoms with Crippen LogP contribution in [-0.2, 0) is 0 Å². The third kappa shape index (κ3) is 1.50. The first kappa shape index (κ1) is 8.91. The maximum absolute atomic E-state index is 4.36. The zero-order valence-corrected chi connectivity index (χ0v) is 8.41. The van der Waals surface area contributed by atoms with Crippen LogP contribution in [0.15, 0.2) is 48.9 Å². The van der Waals surface area contributed by atoms with Gasteiger partial charge in [-0.2, -0.15) is 0 Å². The Morgan fingerprint density at radius 1 is 0.812 bits per heavy atom. The van der Waals surface area contributed by atoms with Gasteiger partial charge in [0.2, 0.25) is 0 Å². The molecule has 4 nitrogen and oxygen atoms in total. The van der Waals surface area contributed by atoms with Gasteiger partial charge in [0.1, 0.15) is 5.69 Å². The third-order valence-electron chi connectivity index (χ3n) is 2.25. The SMILES string of the molecule is c1ccc(-c2ncc3cccnc3n2)nc1. The summed E-state index contributed by atoms with van der Waals surface area (Å²) in [5.41, 5.74) is 1.45. The molecule has 0 aliphatic heterocycles. The second-order valence-corrected chi connectivity index (χ2v) is 3.32. The fourth-order valence-corrected chi connectivity index (χ4v) is 1.48. The third-order valence-corrected chi connectivity index (χ3v) is 2.25. The van der Waals surface area contributed by atoms with Gasteiger partial charge >= 0.3 is 0 Å². The van der Waals surface area contributed by atoms with Crippen molar-refractivity contribution < 1.29 is 0 Å². The largest absolute Gasteiger partial charge is 0.253 e. The first-order chi connectivity index (χ1) is 7.93. The molecule has 76 valence electrons. The molecule has 0 saturated heterocycles.